The highest BCUT2D eigenvalue weighted by molar-refractivity contribution is 6.06. The number of ketones is 1. The van der Waals surface area contributed by atoms with Gasteiger partial charge in [0.05, 0.1) is 12.7 Å². The summed E-state index contributed by atoms with van der Waals surface area (Å²) in [6.45, 7) is 5.68. The molecule has 0 aromatic carbocycles. The third kappa shape index (κ3) is 2.40. The number of methoxy groups -OCH3 is 1. The lowest BCUT2D eigenvalue weighted by Gasteiger charge is -2.59. The van der Waals surface area contributed by atoms with Crippen LogP contribution in [0.5, 0.6) is 0 Å². The van der Waals surface area contributed by atoms with E-state index in [1.807, 2.05) is 6.92 Å². The van der Waals surface area contributed by atoms with Gasteiger partial charge in [0.15, 0.2) is 6.29 Å². The minimum absolute atomic E-state index is 0.0240. The first-order chi connectivity index (χ1) is 17.0. The van der Waals surface area contributed by atoms with E-state index in [1.54, 1.807) is 6.92 Å². The number of aliphatic carboxylic acids is 1. The predicted octanol–water partition coefficient (Wildman–Crippen LogP) is 1.42. The summed E-state index contributed by atoms with van der Waals surface area (Å²) in [4.78, 5) is 40.7. The average Bonchev–Trinajstić information content (AvgIpc) is 3.22. The van der Waals surface area contributed by atoms with Crippen molar-refractivity contribution in [2.75, 3.05) is 13.7 Å². The smallest absolute Gasteiger partial charge is 0.312 e. The minimum Gasteiger partial charge on any atom is -0.481 e. The number of hydrogen-bond donors (Lipinski definition) is 3. The number of ether oxygens (including phenoxy) is 3. The zero-order valence-electron chi connectivity index (χ0n) is 21.4. The van der Waals surface area contributed by atoms with Crippen LogP contribution in [0.25, 0.3) is 0 Å². The molecule has 0 radical (unpaired) electrons. The lowest BCUT2D eigenvalue weighted by molar-refractivity contribution is -0.308. The molecule has 0 amide bonds. The Morgan fingerprint density at radius 1 is 1.14 bits per heavy atom. The van der Waals surface area contributed by atoms with Crippen molar-refractivity contribution in [1.82, 2.24) is 0 Å². The summed E-state index contributed by atoms with van der Waals surface area (Å²) in [5.74, 6) is -1.39. The normalized spacial score (nSPS) is 58.8. The van der Waals surface area contributed by atoms with Gasteiger partial charge in [0.2, 0.25) is 0 Å². The first-order valence-electron chi connectivity index (χ1n) is 13.4. The summed E-state index contributed by atoms with van der Waals surface area (Å²) in [6.07, 6.45) is -1.26. The van der Waals surface area contributed by atoms with Crippen molar-refractivity contribution in [2.45, 2.75) is 83.6 Å². The summed E-state index contributed by atoms with van der Waals surface area (Å²) < 4.78 is 17.3. The number of aliphatic hydroxyl groups is 2. The van der Waals surface area contributed by atoms with Crippen LogP contribution in [0.2, 0.25) is 0 Å². The van der Waals surface area contributed by atoms with Gasteiger partial charge in [0.25, 0.3) is 0 Å². The quantitative estimate of drug-likeness (QED) is 0.456. The molecule has 6 aliphatic rings. The Morgan fingerprint density at radius 3 is 2.42 bits per heavy atom. The molecule has 1 unspecified atom stereocenters. The van der Waals surface area contributed by atoms with Crippen LogP contribution in [-0.2, 0) is 28.6 Å². The molecule has 0 aromatic heterocycles. The molecule has 9 nitrogen and oxygen atoms in total. The molecule has 1 spiro atoms. The van der Waals surface area contributed by atoms with E-state index >= 15 is 0 Å². The van der Waals surface area contributed by atoms with E-state index in [0.29, 0.717) is 18.8 Å². The monoisotopic (exact) mass is 506 g/mol. The maximum atomic E-state index is 14.0. The first-order valence-corrected chi connectivity index (χ1v) is 13.4. The second-order valence-corrected chi connectivity index (χ2v) is 12.8. The molecule has 14 atom stereocenters. The van der Waals surface area contributed by atoms with Crippen LogP contribution in [0.4, 0.5) is 0 Å². The van der Waals surface area contributed by atoms with Crippen molar-refractivity contribution in [3.05, 3.63) is 0 Å². The SMILES string of the molecule is CO[C@H]1[C@@H](O)[C@H](O)[C@H](OC[C@@]23C[C@@H]4[C@H](C)CC[C@H]4[C@@]4(C=O)C[C@@H]2C(=O)[C@]2(CC2C)[C@@]34C(=O)O)O[C@@H]1C. The Labute approximate surface area is 210 Å². The maximum absolute atomic E-state index is 14.0. The topological polar surface area (TPSA) is 140 Å². The Morgan fingerprint density at radius 2 is 1.83 bits per heavy atom. The summed E-state index contributed by atoms with van der Waals surface area (Å²) in [5.41, 5.74) is -4.78. The number of fused-ring (bicyclic) bond motifs is 2. The molecule has 5 saturated carbocycles. The molecule has 5 aliphatic carbocycles. The maximum Gasteiger partial charge on any atom is 0.312 e. The summed E-state index contributed by atoms with van der Waals surface area (Å²) in [5, 5.41) is 32.4. The predicted molar refractivity (Wildman–Crippen MR) is 123 cm³/mol. The number of aliphatic hydroxyl groups excluding tert-OH is 2. The molecule has 0 aromatic rings. The van der Waals surface area contributed by atoms with Crippen LogP contribution in [0.15, 0.2) is 0 Å². The Kier molecular flexibility index (Phi) is 5.26. The number of rotatable bonds is 6. The van der Waals surface area contributed by atoms with Gasteiger partial charge in [0.1, 0.15) is 35.8 Å². The van der Waals surface area contributed by atoms with Crippen LogP contribution in [-0.4, -0.2) is 77.8 Å². The zero-order chi connectivity index (χ0) is 26.0. The Balaban J connectivity index is 1.45. The van der Waals surface area contributed by atoms with Crippen LogP contribution in [0.1, 0.15) is 52.9 Å². The number of carbonyl (C=O) groups is 3. The summed E-state index contributed by atoms with van der Waals surface area (Å²) in [7, 11) is 1.43. The number of Topliss-reactive ketones (excluding diaryl/α,β-unsaturated/α-hetero) is 1. The van der Waals surface area contributed by atoms with Gasteiger partial charge in [-0.15, -0.1) is 0 Å². The Hall–Kier alpha value is -1.39. The van der Waals surface area contributed by atoms with E-state index in [9.17, 15) is 29.7 Å². The van der Waals surface area contributed by atoms with E-state index in [4.69, 9.17) is 14.2 Å². The molecular formula is C27H38O9. The molecule has 9 heteroatoms. The van der Waals surface area contributed by atoms with Gasteiger partial charge in [-0.05, 0) is 56.3 Å². The van der Waals surface area contributed by atoms with Gasteiger partial charge in [-0.2, -0.15) is 0 Å². The van der Waals surface area contributed by atoms with Crippen LogP contribution >= 0.6 is 0 Å². The molecule has 1 aliphatic heterocycles. The molecular weight excluding hydrogens is 468 g/mol. The van der Waals surface area contributed by atoms with Gasteiger partial charge in [0, 0.05) is 29.3 Å². The molecule has 6 rings (SSSR count). The molecule has 1 heterocycles. The molecule has 6 fully saturated rings. The molecule has 4 bridgehead atoms. The lowest BCUT2D eigenvalue weighted by Crippen LogP contribution is -2.66. The number of hydrogen-bond acceptors (Lipinski definition) is 8. The van der Waals surface area contributed by atoms with E-state index in [0.717, 1.165) is 19.1 Å². The van der Waals surface area contributed by atoms with Crippen molar-refractivity contribution < 1.29 is 43.9 Å². The number of carbonyl (C=O) groups excluding carboxylic acids is 2. The van der Waals surface area contributed by atoms with Crippen molar-refractivity contribution in [3.8, 4) is 0 Å². The fraction of sp³-hybridized carbons (Fsp3) is 0.889. The highest BCUT2D eigenvalue weighted by Crippen LogP contribution is 2.91. The van der Waals surface area contributed by atoms with Crippen molar-refractivity contribution in [2.24, 2.45) is 51.2 Å². The number of aldehydes is 1. The molecule has 3 N–H and O–H groups in total. The van der Waals surface area contributed by atoms with Gasteiger partial charge < -0.3 is 34.3 Å². The summed E-state index contributed by atoms with van der Waals surface area (Å²) >= 11 is 0. The zero-order valence-corrected chi connectivity index (χ0v) is 21.4. The third-order valence-corrected chi connectivity index (χ3v) is 11.9. The highest BCUT2D eigenvalue weighted by atomic mass is 16.7. The lowest BCUT2D eigenvalue weighted by atomic mass is 9.41. The summed E-state index contributed by atoms with van der Waals surface area (Å²) in [6, 6.07) is 0. The number of carboxylic acid groups (broad SMARTS) is 1. The molecule has 36 heavy (non-hydrogen) atoms. The van der Waals surface area contributed by atoms with E-state index in [2.05, 4.69) is 6.92 Å². The third-order valence-electron chi connectivity index (χ3n) is 11.9. The van der Waals surface area contributed by atoms with Crippen LogP contribution in [0, 0.1) is 51.2 Å². The second kappa shape index (κ2) is 7.59. The second-order valence-electron chi connectivity index (χ2n) is 12.8. The largest absolute Gasteiger partial charge is 0.481 e. The minimum atomic E-state index is -1.54. The molecule has 200 valence electrons. The van der Waals surface area contributed by atoms with Gasteiger partial charge in [-0.1, -0.05) is 20.3 Å². The van der Waals surface area contributed by atoms with Crippen molar-refractivity contribution in [1.29, 1.82) is 0 Å². The van der Waals surface area contributed by atoms with Gasteiger partial charge in [-0.25, -0.2) is 0 Å². The Bertz CT molecular complexity index is 1000. The van der Waals surface area contributed by atoms with E-state index < -0.39 is 64.3 Å². The van der Waals surface area contributed by atoms with Crippen molar-refractivity contribution in [3.63, 3.8) is 0 Å². The highest BCUT2D eigenvalue weighted by Gasteiger charge is 2.96. The van der Waals surface area contributed by atoms with Crippen LogP contribution < -0.4 is 0 Å². The van der Waals surface area contributed by atoms with Crippen LogP contribution in [0.3, 0.4) is 0 Å². The first kappa shape index (κ1) is 24.9. The van der Waals surface area contributed by atoms with E-state index in [1.165, 1.54) is 7.11 Å². The van der Waals surface area contributed by atoms with Crippen molar-refractivity contribution >= 4 is 18.0 Å². The van der Waals surface area contributed by atoms with Gasteiger partial charge in [-0.3, -0.25) is 9.59 Å². The molecule has 1 saturated heterocycles. The van der Waals surface area contributed by atoms with Gasteiger partial charge >= 0.3 is 5.97 Å². The van der Waals surface area contributed by atoms with E-state index in [-0.39, 0.29) is 36.6 Å². The fourth-order valence-electron chi connectivity index (χ4n) is 10.6. The fourth-order valence-corrected chi connectivity index (χ4v) is 10.6. The average molecular weight is 507 g/mol. The standard InChI is InChI=1S/C27H38O9/c1-12-5-6-16-15(12)8-25(11-35-22-19(30)18(29)20(34-4)14(3)36-22)17-9-24(16,10-28)27(25,23(32)33)26(21(17)31)7-13(26)2/h10,12-20,22,29-30H,5-9,11H2,1-4H3,(H,32,33)/t12-,13?,14-,15-,16-,17-,18+,19+,20-,22-,24+,25+,26-,27-/m1/s1. The number of carboxylic acids is 1.